The van der Waals surface area contributed by atoms with Crippen LogP contribution in [0, 0.1) is 5.92 Å². The molecule has 3 saturated heterocycles. The van der Waals surface area contributed by atoms with Crippen LogP contribution in [0.15, 0.2) is 35.3 Å². The maximum atomic E-state index is 13.6. The summed E-state index contributed by atoms with van der Waals surface area (Å²) >= 11 is 0. The van der Waals surface area contributed by atoms with Crippen molar-refractivity contribution in [2.75, 3.05) is 61.1 Å². The molecule has 4 fully saturated rings. The summed E-state index contributed by atoms with van der Waals surface area (Å²) in [5.74, 6) is 1.53. The number of rotatable bonds is 8. The lowest BCUT2D eigenvalue weighted by Gasteiger charge is -2.40. The normalized spacial score (nSPS) is 23.1. The van der Waals surface area contributed by atoms with E-state index in [9.17, 15) is 9.59 Å². The van der Waals surface area contributed by atoms with E-state index in [0.29, 0.717) is 17.4 Å². The van der Waals surface area contributed by atoms with Crippen LogP contribution in [-0.4, -0.2) is 67.4 Å². The first kappa shape index (κ1) is 25.4. The minimum absolute atomic E-state index is 0.131. The number of piperidine rings is 1. The Morgan fingerprint density at radius 3 is 2.50 bits per heavy atom. The number of nitrogens with zero attached hydrogens (tertiary/aromatic N) is 4. The molecule has 5 heterocycles. The fraction of sp³-hybridized carbons (Fsp3) is 0.621. The van der Waals surface area contributed by atoms with Gasteiger partial charge in [0, 0.05) is 57.1 Å². The van der Waals surface area contributed by atoms with E-state index < -0.39 is 5.41 Å². The molecule has 1 aliphatic carbocycles. The number of pyridine rings is 2. The molecule has 9 nitrogen and oxygen atoms in total. The molecule has 0 spiro atoms. The second kappa shape index (κ2) is 10.7. The van der Waals surface area contributed by atoms with Crippen LogP contribution in [0.2, 0.25) is 0 Å². The average Bonchev–Trinajstić information content (AvgIpc) is 3.40. The first-order chi connectivity index (χ1) is 18.5. The van der Waals surface area contributed by atoms with Gasteiger partial charge in [-0.2, -0.15) is 0 Å². The van der Waals surface area contributed by atoms with E-state index in [-0.39, 0.29) is 24.7 Å². The summed E-state index contributed by atoms with van der Waals surface area (Å²) in [6.07, 6.45) is 10.6. The van der Waals surface area contributed by atoms with Gasteiger partial charge in [0.2, 0.25) is 5.91 Å². The van der Waals surface area contributed by atoms with Gasteiger partial charge >= 0.3 is 0 Å². The van der Waals surface area contributed by atoms with Crippen LogP contribution in [0.25, 0.3) is 0 Å². The molecular formula is C29H40N6O3. The maximum Gasteiger partial charge on any atom is 0.253 e. The van der Waals surface area contributed by atoms with E-state index in [1.165, 1.54) is 38.2 Å². The number of ether oxygens (including phenoxy) is 1. The minimum atomic E-state index is -0.845. The van der Waals surface area contributed by atoms with Gasteiger partial charge in [-0.25, -0.2) is 0 Å². The third-order valence-corrected chi connectivity index (χ3v) is 9.00. The van der Waals surface area contributed by atoms with E-state index in [1.54, 1.807) is 11.6 Å². The Morgan fingerprint density at radius 2 is 1.84 bits per heavy atom. The van der Waals surface area contributed by atoms with Crippen LogP contribution >= 0.6 is 0 Å². The summed E-state index contributed by atoms with van der Waals surface area (Å²) in [6, 6.07) is 7.98. The fourth-order valence-electron chi connectivity index (χ4n) is 6.16. The molecule has 6 rings (SSSR count). The predicted octanol–water partition coefficient (Wildman–Crippen LogP) is 2.65. The highest BCUT2D eigenvalue weighted by atomic mass is 16.5. The first-order valence-corrected chi connectivity index (χ1v) is 14.3. The number of aromatic nitrogens is 2. The lowest BCUT2D eigenvalue weighted by molar-refractivity contribution is -0.140. The quantitative estimate of drug-likeness (QED) is 0.553. The maximum absolute atomic E-state index is 13.6. The molecule has 4 aliphatic rings. The summed E-state index contributed by atoms with van der Waals surface area (Å²) in [7, 11) is 1.78. The van der Waals surface area contributed by atoms with Crippen molar-refractivity contribution in [2.45, 2.75) is 56.4 Å². The summed E-state index contributed by atoms with van der Waals surface area (Å²) in [6.45, 7) is 5.57. The molecule has 1 atom stereocenters. The van der Waals surface area contributed by atoms with Crippen LogP contribution < -0.4 is 26.0 Å². The first-order valence-electron chi connectivity index (χ1n) is 14.3. The Bertz CT molecular complexity index is 1200. The molecule has 204 valence electrons. The van der Waals surface area contributed by atoms with Gasteiger partial charge in [-0.1, -0.05) is 6.42 Å². The second-order valence-electron chi connectivity index (χ2n) is 11.6. The summed E-state index contributed by atoms with van der Waals surface area (Å²) in [5.41, 5.74) is 1.36. The lowest BCUT2D eigenvalue weighted by atomic mass is 9.80. The van der Waals surface area contributed by atoms with E-state index in [0.717, 1.165) is 63.0 Å². The number of hydrogen-bond donors (Lipinski definition) is 2. The summed E-state index contributed by atoms with van der Waals surface area (Å²) in [4.78, 5) is 35.6. The van der Waals surface area contributed by atoms with Gasteiger partial charge in [-0.05, 0) is 63.1 Å². The zero-order valence-corrected chi connectivity index (χ0v) is 22.5. The number of hydrogen-bond acceptors (Lipinski definition) is 7. The monoisotopic (exact) mass is 520 g/mol. The van der Waals surface area contributed by atoms with Gasteiger partial charge in [0.15, 0.2) is 0 Å². The topological polar surface area (TPSA) is 91.7 Å². The largest absolute Gasteiger partial charge is 0.378 e. The zero-order valence-electron chi connectivity index (χ0n) is 22.5. The van der Waals surface area contributed by atoms with Crippen molar-refractivity contribution in [1.29, 1.82) is 0 Å². The molecule has 38 heavy (non-hydrogen) atoms. The predicted molar refractivity (Wildman–Crippen MR) is 149 cm³/mol. The highest BCUT2D eigenvalue weighted by Crippen LogP contribution is 2.34. The van der Waals surface area contributed by atoms with Crippen LogP contribution in [0.1, 0.15) is 50.6 Å². The molecule has 1 amide bonds. The Balaban J connectivity index is 1.14. The van der Waals surface area contributed by atoms with Crippen LogP contribution in [-0.2, 0) is 22.0 Å². The van der Waals surface area contributed by atoms with Gasteiger partial charge in [0.25, 0.3) is 5.56 Å². The molecule has 0 radical (unpaired) electrons. The molecule has 2 N–H and O–H groups in total. The lowest BCUT2D eigenvalue weighted by Crippen LogP contribution is -2.56. The van der Waals surface area contributed by atoms with Crippen molar-refractivity contribution < 1.29 is 9.53 Å². The standard InChI is InChI=1S/C29H40N6O3/c1-33-26(34-11-2-3-12-34)14-23(15-27(33)36)32-28(37)29(19-38-20-29)25-10-9-24(17-31-25)35-13-5-8-22(18-35)30-16-21-6-4-7-21/h9-10,14-15,17,21-22,30H,2-8,11-13,16,18-20H2,1H3,(H,32,37)/t22-/m1/s1. The van der Waals surface area contributed by atoms with Gasteiger partial charge in [-0.3, -0.25) is 19.1 Å². The van der Waals surface area contributed by atoms with E-state index in [2.05, 4.69) is 26.5 Å². The Labute approximate surface area is 224 Å². The molecule has 3 aliphatic heterocycles. The summed E-state index contributed by atoms with van der Waals surface area (Å²) in [5, 5.41) is 6.80. The molecular weight excluding hydrogens is 480 g/mol. The Hall–Kier alpha value is -2.91. The molecule has 1 saturated carbocycles. The van der Waals surface area contributed by atoms with Crippen molar-refractivity contribution in [3.8, 4) is 0 Å². The van der Waals surface area contributed by atoms with Crippen molar-refractivity contribution in [1.82, 2.24) is 14.9 Å². The highest BCUT2D eigenvalue weighted by molar-refractivity contribution is 6.00. The van der Waals surface area contributed by atoms with Crippen LogP contribution in [0.4, 0.5) is 17.2 Å². The average molecular weight is 521 g/mol. The number of carbonyl (C=O) groups excluding carboxylic acids is 1. The molecule has 2 aromatic rings. The number of anilines is 3. The molecule has 0 unspecified atom stereocenters. The van der Waals surface area contributed by atoms with Crippen molar-refractivity contribution >= 4 is 23.1 Å². The summed E-state index contributed by atoms with van der Waals surface area (Å²) < 4.78 is 7.18. The van der Waals surface area contributed by atoms with Gasteiger partial charge in [0.1, 0.15) is 11.2 Å². The number of amides is 1. The Morgan fingerprint density at radius 1 is 1.05 bits per heavy atom. The van der Waals surface area contributed by atoms with Gasteiger partial charge < -0.3 is 25.2 Å². The zero-order chi connectivity index (χ0) is 26.1. The van der Waals surface area contributed by atoms with E-state index >= 15 is 0 Å². The minimum Gasteiger partial charge on any atom is -0.378 e. The third-order valence-electron chi connectivity index (χ3n) is 9.00. The van der Waals surface area contributed by atoms with Crippen molar-refractivity contribution in [3.63, 3.8) is 0 Å². The molecule has 9 heteroatoms. The molecule has 0 aromatic carbocycles. The SMILES string of the molecule is Cn1c(N2CCCC2)cc(NC(=O)C2(c3ccc(N4CCC[C@@H](NCC5CCC5)C4)cn3)COC2)cc1=O. The van der Waals surface area contributed by atoms with Gasteiger partial charge in [0.05, 0.1) is 30.8 Å². The third kappa shape index (κ3) is 4.94. The molecule has 2 aromatic heterocycles. The van der Waals surface area contributed by atoms with Crippen molar-refractivity contribution in [3.05, 3.63) is 46.5 Å². The molecule has 0 bridgehead atoms. The van der Waals surface area contributed by atoms with Crippen LogP contribution in [0.5, 0.6) is 0 Å². The van der Waals surface area contributed by atoms with E-state index in [1.807, 2.05) is 18.3 Å². The Kier molecular flexibility index (Phi) is 7.14. The van der Waals surface area contributed by atoms with E-state index in [4.69, 9.17) is 9.72 Å². The van der Waals surface area contributed by atoms with Crippen molar-refractivity contribution in [2.24, 2.45) is 13.0 Å². The van der Waals surface area contributed by atoms with Gasteiger partial charge in [-0.15, -0.1) is 0 Å². The van der Waals surface area contributed by atoms with Crippen LogP contribution in [0.3, 0.4) is 0 Å². The fourth-order valence-corrected chi connectivity index (χ4v) is 6.16. The smallest absolute Gasteiger partial charge is 0.253 e. The second-order valence-corrected chi connectivity index (χ2v) is 11.6. The number of nitrogens with one attached hydrogen (secondary N) is 2. The highest BCUT2D eigenvalue weighted by Gasteiger charge is 2.49. The number of carbonyl (C=O) groups is 1.